The van der Waals surface area contributed by atoms with Crippen molar-refractivity contribution in [1.82, 2.24) is 4.98 Å². The Bertz CT molecular complexity index is 346. The number of carbonyl (C=O) groups is 1. The lowest BCUT2D eigenvalue weighted by Gasteiger charge is -1.97. The Labute approximate surface area is 66.0 Å². The van der Waals surface area contributed by atoms with Gasteiger partial charge in [-0.15, -0.1) is 0 Å². The van der Waals surface area contributed by atoms with E-state index in [4.69, 9.17) is 0 Å². The Morgan fingerprint density at radius 1 is 1.42 bits per heavy atom. The number of hydrogen-bond donors (Lipinski definition) is 1. The van der Waals surface area contributed by atoms with Gasteiger partial charge in [-0.1, -0.05) is 0 Å². The summed E-state index contributed by atoms with van der Waals surface area (Å²) in [5, 5.41) is 0. The van der Waals surface area contributed by atoms with Crippen molar-refractivity contribution in [3.63, 3.8) is 0 Å². The minimum absolute atomic E-state index is 0.241. The number of alkyl halides is 2. The maximum atomic E-state index is 12.0. The van der Waals surface area contributed by atoms with Crippen molar-refractivity contribution in [2.45, 2.75) is 6.43 Å². The van der Waals surface area contributed by atoms with E-state index in [9.17, 15) is 18.4 Å². The van der Waals surface area contributed by atoms with Crippen molar-refractivity contribution in [2.24, 2.45) is 0 Å². The summed E-state index contributed by atoms with van der Waals surface area (Å²) >= 11 is 0. The second kappa shape index (κ2) is 3.25. The summed E-state index contributed by atoms with van der Waals surface area (Å²) in [5.74, 6) is 0. The van der Waals surface area contributed by atoms with E-state index in [0.717, 1.165) is 12.4 Å². The molecule has 0 saturated carbocycles. The van der Waals surface area contributed by atoms with E-state index in [1.165, 1.54) is 0 Å². The smallest absolute Gasteiger partial charge is 0.269 e. The summed E-state index contributed by atoms with van der Waals surface area (Å²) in [7, 11) is 0. The molecular weight excluding hydrogens is 168 g/mol. The maximum absolute atomic E-state index is 12.0. The molecule has 0 aliphatic heterocycles. The molecule has 0 atom stereocenters. The predicted octanol–water partition coefficient (Wildman–Crippen LogP) is 1.13. The lowest BCUT2D eigenvalue weighted by molar-refractivity contribution is 0.112. The van der Waals surface area contributed by atoms with Gasteiger partial charge in [0.15, 0.2) is 6.29 Å². The molecule has 5 heteroatoms. The van der Waals surface area contributed by atoms with Gasteiger partial charge in [0.2, 0.25) is 5.43 Å². The number of rotatable bonds is 2. The summed E-state index contributed by atoms with van der Waals surface area (Å²) in [4.78, 5) is 23.3. The highest BCUT2D eigenvalue weighted by Crippen LogP contribution is 2.12. The first-order valence-corrected chi connectivity index (χ1v) is 3.11. The lowest BCUT2D eigenvalue weighted by Crippen LogP contribution is -2.14. The molecule has 0 unspecified atom stereocenters. The molecule has 64 valence electrons. The van der Waals surface area contributed by atoms with Crippen molar-refractivity contribution < 1.29 is 13.6 Å². The fourth-order valence-corrected chi connectivity index (χ4v) is 0.769. The highest BCUT2D eigenvalue weighted by atomic mass is 19.3. The standard InChI is InChI=1S/C7H5F2NO2/c8-7(9)5-2-10-1-4(3-11)6(5)12/h1-3,7H,(H,10,12). The van der Waals surface area contributed by atoms with Crippen molar-refractivity contribution in [3.05, 3.63) is 33.7 Å². The number of aromatic nitrogens is 1. The van der Waals surface area contributed by atoms with E-state index in [2.05, 4.69) is 4.98 Å². The third-order valence-electron chi connectivity index (χ3n) is 1.36. The highest BCUT2D eigenvalue weighted by molar-refractivity contribution is 5.74. The maximum Gasteiger partial charge on any atom is 0.269 e. The van der Waals surface area contributed by atoms with Crippen LogP contribution in [0.4, 0.5) is 8.78 Å². The van der Waals surface area contributed by atoms with Crippen LogP contribution in [0.25, 0.3) is 0 Å². The van der Waals surface area contributed by atoms with Crippen LogP contribution < -0.4 is 5.43 Å². The molecular formula is C7H5F2NO2. The van der Waals surface area contributed by atoms with E-state index in [0.29, 0.717) is 0 Å². The van der Waals surface area contributed by atoms with Crippen LogP contribution in [0.15, 0.2) is 17.2 Å². The molecule has 0 spiro atoms. The normalized spacial score (nSPS) is 10.2. The molecule has 0 amide bonds. The van der Waals surface area contributed by atoms with Gasteiger partial charge in [-0.05, 0) is 0 Å². The number of aromatic amines is 1. The van der Waals surface area contributed by atoms with Gasteiger partial charge in [-0.25, -0.2) is 8.78 Å². The Kier molecular flexibility index (Phi) is 2.32. The van der Waals surface area contributed by atoms with Gasteiger partial charge < -0.3 is 4.98 Å². The van der Waals surface area contributed by atoms with Crippen LogP contribution in [0, 0.1) is 0 Å². The first kappa shape index (κ1) is 8.58. The van der Waals surface area contributed by atoms with Gasteiger partial charge in [-0.2, -0.15) is 0 Å². The average Bonchev–Trinajstić information content (AvgIpc) is 2.04. The van der Waals surface area contributed by atoms with Crippen LogP contribution in [0.1, 0.15) is 22.3 Å². The zero-order valence-corrected chi connectivity index (χ0v) is 5.88. The topological polar surface area (TPSA) is 49.9 Å². The lowest BCUT2D eigenvalue weighted by atomic mass is 10.2. The Morgan fingerprint density at radius 3 is 2.58 bits per heavy atom. The summed E-state index contributed by atoms with van der Waals surface area (Å²) in [6.07, 6.45) is -0.639. The molecule has 0 radical (unpaired) electrons. The monoisotopic (exact) mass is 173 g/mol. The number of carbonyl (C=O) groups excluding carboxylic acids is 1. The third-order valence-corrected chi connectivity index (χ3v) is 1.36. The van der Waals surface area contributed by atoms with Gasteiger partial charge in [-0.3, -0.25) is 9.59 Å². The van der Waals surface area contributed by atoms with Crippen molar-refractivity contribution in [2.75, 3.05) is 0 Å². The largest absolute Gasteiger partial charge is 0.366 e. The summed E-state index contributed by atoms with van der Waals surface area (Å²) in [5.41, 5.74) is -1.88. The number of H-pyrrole nitrogens is 1. The molecule has 1 aromatic heterocycles. The van der Waals surface area contributed by atoms with Crippen molar-refractivity contribution in [1.29, 1.82) is 0 Å². The molecule has 3 nitrogen and oxygen atoms in total. The fourth-order valence-electron chi connectivity index (χ4n) is 0.769. The molecule has 0 bridgehead atoms. The summed E-state index contributed by atoms with van der Waals surface area (Å²) < 4.78 is 24.0. The number of nitrogens with one attached hydrogen (secondary N) is 1. The van der Waals surface area contributed by atoms with E-state index in [-0.39, 0.29) is 11.8 Å². The molecule has 1 aromatic rings. The first-order valence-electron chi connectivity index (χ1n) is 3.11. The quantitative estimate of drug-likeness (QED) is 0.681. The van der Waals surface area contributed by atoms with Crippen LogP contribution in [0.5, 0.6) is 0 Å². The zero-order valence-electron chi connectivity index (χ0n) is 5.88. The van der Waals surface area contributed by atoms with Gasteiger partial charge in [0.1, 0.15) is 0 Å². The third kappa shape index (κ3) is 1.39. The fraction of sp³-hybridized carbons (Fsp3) is 0.143. The summed E-state index contributed by atoms with van der Waals surface area (Å²) in [6.45, 7) is 0. The van der Waals surface area contributed by atoms with Gasteiger partial charge >= 0.3 is 0 Å². The minimum atomic E-state index is -2.85. The van der Waals surface area contributed by atoms with Gasteiger partial charge in [0.05, 0.1) is 11.1 Å². The van der Waals surface area contributed by atoms with Crippen LogP contribution >= 0.6 is 0 Å². The molecule has 12 heavy (non-hydrogen) atoms. The number of halogens is 2. The van der Waals surface area contributed by atoms with Gasteiger partial charge in [0, 0.05) is 12.4 Å². The van der Waals surface area contributed by atoms with E-state index >= 15 is 0 Å². The summed E-state index contributed by atoms with van der Waals surface area (Å²) in [6, 6.07) is 0. The predicted molar refractivity (Wildman–Crippen MR) is 37.4 cm³/mol. The average molecular weight is 173 g/mol. The van der Waals surface area contributed by atoms with Crippen molar-refractivity contribution in [3.8, 4) is 0 Å². The first-order chi connectivity index (χ1) is 5.66. The van der Waals surface area contributed by atoms with Crippen LogP contribution in [-0.2, 0) is 0 Å². The van der Waals surface area contributed by atoms with Gasteiger partial charge in [0.25, 0.3) is 6.43 Å². The molecule has 1 N–H and O–H groups in total. The van der Waals surface area contributed by atoms with E-state index in [1.807, 2.05) is 0 Å². The molecule has 0 aliphatic rings. The van der Waals surface area contributed by atoms with Crippen LogP contribution in [-0.4, -0.2) is 11.3 Å². The second-order valence-electron chi connectivity index (χ2n) is 2.11. The molecule has 1 heterocycles. The SMILES string of the molecule is O=Cc1c[nH]cc(C(F)F)c1=O. The molecule has 1 rings (SSSR count). The van der Waals surface area contributed by atoms with E-state index in [1.54, 1.807) is 0 Å². The Hall–Kier alpha value is -1.52. The molecule has 0 fully saturated rings. The number of aldehydes is 1. The van der Waals surface area contributed by atoms with Crippen LogP contribution in [0.3, 0.4) is 0 Å². The molecule has 0 aliphatic carbocycles. The van der Waals surface area contributed by atoms with Crippen LogP contribution in [0.2, 0.25) is 0 Å². The van der Waals surface area contributed by atoms with E-state index < -0.39 is 17.4 Å². The Balaban J connectivity index is 3.33. The minimum Gasteiger partial charge on any atom is -0.366 e. The number of pyridine rings is 1. The Morgan fingerprint density at radius 2 is 2.08 bits per heavy atom. The highest BCUT2D eigenvalue weighted by Gasteiger charge is 2.13. The van der Waals surface area contributed by atoms with Crippen molar-refractivity contribution >= 4 is 6.29 Å². The molecule has 0 saturated heterocycles. The second-order valence-corrected chi connectivity index (χ2v) is 2.11. The number of hydrogen-bond acceptors (Lipinski definition) is 2. The zero-order chi connectivity index (χ0) is 9.14. The molecule has 0 aromatic carbocycles.